The number of carbonyl (C=O) groups excluding carboxylic acids is 1. The maximum absolute atomic E-state index is 12.2. The summed E-state index contributed by atoms with van der Waals surface area (Å²) in [5.74, 6) is -0.791. The SMILES string of the molecule is O=C(NC1CCCCC1)c1cc(Br)cc(OC(F)(F)F)c1. The summed E-state index contributed by atoms with van der Waals surface area (Å²) < 4.78 is 40.9. The second kappa shape index (κ2) is 6.68. The van der Waals surface area contributed by atoms with Crippen molar-refractivity contribution in [2.45, 2.75) is 44.5 Å². The fourth-order valence-electron chi connectivity index (χ4n) is 2.40. The Labute approximate surface area is 129 Å². The van der Waals surface area contributed by atoms with Crippen LogP contribution >= 0.6 is 15.9 Å². The van der Waals surface area contributed by atoms with Crippen molar-refractivity contribution < 1.29 is 22.7 Å². The Morgan fingerprint density at radius 2 is 1.86 bits per heavy atom. The van der Waals surface area contributed by atoms with Gasteiger partial charge in [0, 0.05) is 16.1 Å². The zero-order valence-corrected chi connectivity index (χ0v) is 12.8. The Morgan fingerprint density at radius 1 is 1.19 bits per heavy atom. The van der Waals surface area contributed by atoms with E-state index in [9.17, 15) is 18.0 Å². The van der Waals surface area contributed by atoms with Gasteiger partial charge < -0.3 is 10.1 Å². The first kappa shape index (κ1) is 16.1. The minimum Gasteiger partial charge on any atom is -0.406 e. The quantitative estimate of drug-likeness (QED) is 0.861. The summed E-state index contributed by atoms with van der Waals surface area (Å²) >= 11 is 3.09. The van der Waals surface area contributed by atoms with E-state index < -0.39 is 12.1 Å². The van der Waals surface area contributed by atoms with Gasteiger partial charge in [-0.05, 0) is 31.0 Å². The Hall–Kier alpha value is -1.24. The van der Waals surface area contributed by atoms with Crippen molar-refractivity contribution in [1.82, 2.24) is 5.32 Å². The molecule has 0 spiro atoms. The first-order valence-corrected chi connectivity index (χ1v) is 7.50. The minimum atomic E-state index is -4.78. The lowest BCUT2D eigenvalue weighted by Crippen LogP contribution is -2.36. The smallest absolute Gasteiger partial charge is 0.406 e. The average Bonchev–Trinajstić information content (AvgIpc) is 2.37. The van der Waals surface area contributed by atoms with Gasteiger partial charge in [-0.2, -0.15) is 0 Å². The molecule has 1 aromatic rings. The zero-order chi connectivity index (χ0) is 15.5. The number of benzene rings is 1. The van der Waals surface area contributed by atoms with Crippen molar-refractivity contribution in [2.24, 2.45) is 0 Å². The van der Waals surface area contributed by atoms with Gasteiger partial charge in [-0.3, -0.25) is 4.79 Å². The van der Waals surface area contributed by atoms with Gasteiger partial charge in [0.25, 0.3) is 5.91 Å². The maximum atomic E-state index is 12.2. The van der Waals surface area contributed by atoms with Crippen molar-refractivity contribution in [3.63, 3.8) is 0 Å². The molecule has 1 amide bonds. The van der Waals surface area contributed by atoms with Gasteiger partial charge in [-0.25, -0.2) is 0 Å². The van der Waals surface area contributed by atoms with Crippen molar-refractivity contribution in [3.8, 4) is 5.75 Å². The number of amides is 1. The van der Waals surface area contributed by atoms with Gasteiger partial charge in [-0.1, -0.05) is 35.2 Å². The third-order valence-corrected chi connectivity index (χ3v) is 3.77. The molecule has 1 aromatic carbocycles. The molecule has 116 valence electrons. The molecule has 21 heavy (non-hydrogen) atoms. The second-order valence-corrected chi connectivity index (χ2v) is 5.95. The van der Waals surface area contributed by atoms with Crippen molar-refractivity contribution in [3.05, 3.63) is 28.2 Å². The number of halogens is 4. The van der Waals surface area contributed by atoms with Gasteiger partial charge in [0.15, 0.2) is 0 Å². The lowest BCUT2D eigenvalue weighted by atomic mass is 9.95. The van der Waals surface area contributed by atoms with Crippen molar-refractivity contribution in [1.29, 1.82) is 0 Å². The van der Waals surface area contributed by atoms with E-state index in [2.05, 4.69) is 26.0 Å². The van der Waals surface area contributed by atoms with Crippen molar-refractivity contribution in [2.75, 3.05) is 0 Å². The molecule has 0 unspecified atom stereocenters. The van der Waals surface area contributed by atoms with E-state index in [0.29, 0.717) is 4.47 Å². The Morgan fingerprint density at radius 3 is 2.48 bits per heavy atom. The normalized spacial score (nSPS) is 16.6. The van der Waals surface area contributed by atoms with Gasteiger partial charge in [0.05, 0.1) is 0 Å². The van der Waals surface area contributed by atoms with Crippen LogP contribution in [-0.2, 0) is 0 Å². The van der Waals surface area contributed by atoms with E-state index in [4.69, 9.17) is 0 Å². The Kier molecular flexibility index (Phi) is 5.13. The number of hydrogen-bond donors (Lipinski definition) is 1. The van der Waals surface area contributed by atoms with Gasteiger partial charge >= 0.3 is 6.36 Å². The van der Waals surface area contributed by atoms with Crippen LogP contribution in [0.15, 0.2) is 22.7 Å². The van der Waals surface area contributed by atoms with Gasteiger partial charge in [0.1, 0.15) is 5.75 Å². The molecule has 1 saturated carbocycles. The highest BCUT2D eigenvalue weighted by Crippen LogP contribution is 2.27. The van der Waals surface area contributed by atoms with Crippen LogP contribution < -0.4 is 10.1 Å². The monoisotopic (exact) mass is 365 g/mol. The minimum absolute atomic E-state index is 0.0946. The third-order valence-electron chi connectivity index (χ3n) is 3.31. The van der Waals surface area contributed by atoms with E-state index in [-0.39, 0.29) is 17.5 Å². The highest BCUT2D eigenvalue weighted by atomic mass is 79.9. The molecule has 0 radical (unpaired) electrons. The molecule has 0 aromatic heterocycles. The zero-order valence-electron chi connectivity index (χ0n) is 11.2. The van der Waals surface area contributed by atoms with E-state index in [1.54, 1.807) is 0 Å². The van der Waals surface area contributed by atoms with Crippen LogP contribution in [0, 0.1) is 0 Å². The molecule has 7 heteroatoms. The summed E-state index contributed by atoms with van der Waals surface area (Å²) in [5, 5.41) is 2.86. The summed E-state index contributed by atoms with van der Waals surface area (Å²) in [7, 11) is 0. The third kappa shape index (κ3) is 5.22. The Bertz CT molecular complexity index is 513. The average molecular weight is 366 g/mol. The molecular formula is C14H15BrF3NO2. The number of rotatable bonds is 3. The molecule has 1 N–H and O–H groups in total. The largest absolute Gasteiger partial charge is 0.573 e. The predicted molar refractivity (Wildman–Crippen MR) is 75.2 cm³/mol. The second-order valence-electron chi connectivity index (χ2n) is 5.03. The van der Waals surface area contributed by atoms with Crippen LogP contribution in [0.2, 0.25) is 0 Å². The Balaban J connectivity index is 2.09. The number of alkyl halides is 3. The molecule has 0 aliphatic heterocycles. The molecule has 3 nitrogen and oxygen atoms in total. The first-order chi connectivity index (χ1) is 9.83. The number of ether oxygens (including phenoxy) is 1. The molecule has 0 saturated heterocycles. The highest BCUT2D eigenvalue weighted by Gasteiger charge is 2.31. The van der Waals surface area contributed by atoms with E-state index >= 15 is 0 Å². The van der Waals surface area contributed by atoms with Crippen molar-refractivity contribution >= 4 is 21.8 Å². The fraction of sp³-hybridized carbons (Fsp3) is 0.500. The standard InChI is InChI=1S/C14H15BrF3NO2/c15-10-6-9(7-12(8-10)21-14(16,17)18)13(20)19-11-4-2-1-3-5-11/h6-8,11H,1-5H2,(H,19,20). The summed E-state index contributed by atoms with van der Waals surface area (Å²) in [6.07, 6.45) is 0.319. The van der Waals surface area contributed by atoms with Crippen LogP contribution in [0.5, 0.6) is 5.75 Å². The molecule has 1 aliphatic rings. The summed E-state index contributed by atoms with van der Waals surface area (Å²) in [4.78, 5) is 12.1. The molecule has 0 bridgehead atoms. The van der Waals surface area contributed by atoms with E-state index in [1.165, 1.54) is 12.1 Å². The van der Waals surface area contributed by atoms with Crippen LogP contribution in [0.3, 0.4) is 0 Å². The number of nitrogens with one attached hydrogen (secondary N) is 1. The fourth-order valence-corrected chi connectivity index (χ4v) is 2.87. The van der Waals surface area contributed by atoms with Gasteiger partial charge in [0.2, 0.25) is 0 Å². The van der Waals surface area contributed by atoms with E-state index in [1.807, 2.05) is 0 Å². The maximum Gasteiger partial charge on any atom is 0.573 e. The molecular weight excluding hydrogens is 351 g/mol. The van der Waals surface area contributed by atoms with Crippen LogP contribution in [0.4, 0.5) is 13.2 Å². The topological polar surface area (TPSA) is 38.3 Å². The number of hydrogen-bond acceptors (Lipinski definition) is 2. The lowest BCUT2D eigenvalue weighted by Gasteiger charge is -2.23. The number of carbonyl (C=O) groups is 1. The molecule has 1 fully saturated rings. The van der Waals surface area contributed by atoms with Crippen LogP contribution in [0.1, 0.15) is 42.5 Å². The molecule has 0 atom stereocenters. The predicted octanol–water partition coefficient (Wildman–Crippen LogP) is 4.41. The van der Waals surface area contributed by atoms with E-state index in [0.717, 1.165) is 38.2 Å². The summed E-state index contributed by atoms with van der Waals surface area (Å²) in [6.45, 7) is 0. The summed E-state index contributed by atoms with van der Waals surface area (Å²) in [6, 6.07) is 3.83. The lowest BCUT2D eigenvalue weighted by molar-refractivity contribution is -0.274. The molecule has 1 aliphatic carbocycles. The van der Waals surface area contributed by atoms with Gasteiger partial charge in [-0.15, -0.1) is 13.2 Å². The molecule has 2 rings (SSSR count). The molecule has 0 heterocycles. The first-order valence-electron chi connectivity index (χ1n) is 6.71. The highest BCUT2D eigenvalue weighted by molar-refractivity contribution is 9.10. The summed E-state index contributed by atoms with van der Waals surface area (Å²) in [5.41, 5.74) is 0.147. The van der Waals surface area contributed by atoms with Crippen LogP contribution in [0.25, 0.3) is 0 Å². The van der Waals surface area contributed by atoms with Crippen LogP contribution in [-0.4, -0.2) is 18.3 Å².